The summed E-state index contributed by atoms with van der Waals surface area (Å²) in [6, 6.07) is 6.98. The molecule has 0 aliphatic heterocycles. The van der Waals surface area contributed by atoms with Crippen LogP contribution in [0.15, 0.2) is 24.3 Å². The van der Waals surface area contributed by atoms with Crippen molar-refractivity contribution in [1.29, 1.82) is 0 Å². The summed E-state index contributed by atoms with van der Waals surface area (Å²) in [7, 11) is 0. The van der Waals surface area contributed by atoms with Crippen LogP contribution in [0.1, 0.15) is 19.4 Å². The van der Waals surface area contributed by atoms with E-state index < -0.39 is 18.8 Å². The average Bonchev–Trinajstić information content (AvgIpc) is 2.34. The minimum Gasteiger partial charge on any atom is -0.491 e. The van der Waals surface area contributed by atoms with E-state index in [1.54, 1.807) is 19.9 Å². The molecule has 0 heterocycles. The Morgan fingerprint density at radius 3 is 2.48 bits per heavy atom. The first kappa shape index (κ1) is 17.8. The highest BCUT2D eigenvalue weighted by molar-refractivity contribution is 5.27. The number of hydrogen-bond acceptors (Lipinski definition) is 3. The first-order chi connectivity index (χ1) is 9.67. The number of nitrogens with zero attached hydrogens (tertiary/aromatic N) is 1. The van der Waals surface area contributed by atoms with Crippen molar-refractivity contribution in [3.8, 4) is 5.75 Å². The van der Waals surface area contributed by atoms with Crippen LogP contribution in [0.4, 0.5) is 13.2 Å². The van der Waals surface area contributed by atoms with E-state index >= 15 is 0 Å². The second-order valence-electron chi connectivity index (χ2n) is 5.42. The van der Waals surface area contributed by atoms with Crippen molar-refractivity contribution in [3.05, 3.63) is 29.8 Å². The zero-order valence-electron chi connectivity index (χ0n) is 12.5. The van der Waals surface area contributed by atoms with Crippen molar-refractivity contribution in [3.63, 3.8) is 0 Å². The zero-order chi connectivity index (χ0) is 16.0. The number of ether oxygens (including phenoxy) is 1. The van der Waals surface area contributed by atoms with E-state index in [2.05, 4.69) is 0 Å². The van der Waals surface area contributed by atoms with Crippen LogP contribution in [-0.2, 0) is 0 Å². The quantitative estimate of drug-likeness (QED) is 0.840. The molecule has 1 unspecified atom stereocenters. The van der Waals surface area contributed by atoms with Gasteiger partial charge in [-0.25, -0.2) is 0 Å². The number of aliphatic hydroxyl groups excluding tert-OH is 1. The lowest BCUT2D eigenvalue weighted by atomic mass is 10.2. The van der Waals surface area contributed by atoms with E-state index in [0.717, 1.165) is 5.56 Å². The van der Waals surface area contributed by atoms with Crippen LogP contribution >= 0.6 is 0 Å². The maximum absolute atomic E-state index is 12.5. The van der Waals surface area contributed by atoms with E-state index in [1.807, 2.05) is 25.1 Å². The minimum atomic E-state index is -4.28. The molecule has 21 heavy (non-hydrogen) atoms. The molecule has 0 saturated heterocycles. The van der Waals surface area contributed by atoms with Crippen molar-refractivity contribution in [1.82, 2.24) is 4.90 Å². The molecular weight excluding hydrogens is 283 g/mol. The van der Waals surface area contributed by atoms with Gasteiger partial charge < -0.3 is 9.84 Å². The van der Waals surface area contributed by atoms with Crippen LogP contribution in [0, 0.1) is 6.92 Å². The predicted molar refractivity (Wildman–Crippen MR) is 75.4 cm³/mol. The van der Waals surface area contributed by atoms with Crippen molar-refractivity contribution >= 4 is 0 Å². The first-order valence-electron chi connectivity index (χ1n) is 6.85. The minimum absolute atomic E-state index is 0.0372. The summed E-state index contributed by atoms with van der Waals surface area (Å²) in [5.74, 6) is 0.598. The molecule has 1 rings (SSSR count). The van der Waals surface area contributed by atoms with Crippen molar-refractivity contribution in [2.24, 2.45) is 0 Å². The molecule has 0 aromatic heterocycles. The maximum atomic E-state index is 12.5. The van der Waals surface area contributed by atoms with Gasteiger partial charge in [0.2, 0.25) is 0 Å². The Hall–Kier alpha value is -1.27. The summed E-state index contributed by atoms with van der Waals surface area (Å²) in [6.45, 7) is 4.09. The Labute approximate surface area is 123 Å². The normalized spacial score (nSPS) is 13.8. The molecule has 0 radical (unpaired) electrons. The number of rotatable bonds is 7. The van der Waals surface area contributed by atoms with Gasteiger partial charge in [0.25, 0.3) is 0 Å². The van der Waals surface area contributed by atoms with Crippen LogP contribution in [0.5, 0.6) is 5.75 Å². The monoisotopic (exact) mass is 305 g/mol. The second kappa shape index (κ2) is 7.66. The lowest BCUT2D eigenvalue weighted by molar-refractivity contribution is -0.152. The SMILES string of the molecule is Cc1cccc(OCC(O)CN(CC(F)(F)F)C(C)C)c1. The molecule has 120 valence electrons. The zero-order valence-corrected chi connectivity index (χ0v) is 12.5. The number of aryl methyl sites for hydroxylation is 1. The highest BCUT2D eigenvalue weighted by Crippen LogP contribution is 2.18. The van der Waals surface area contributed by atoms with Gasteiger partial charge in [0.15, 0.2) is 0 Å². The highest BCUT2D eigenvalue weighted by atomic mass is 19.4. The first-order valence-corrected chi connectivity index (χ1v) is 6.85. The van der Waals surface area contributed by atoms with Crippen LogP contribution in [0.3, 0.4) is 0 Å². The summed E-state index contributed by atoms with van der Waals surface area (Å²) in [5, 5.41) is 9.86. The number of benzene rings is 1. The molecule has 1 aromatic rings. The molecule has 1 atom stereocenters. The predicted octanol–water partition coefficient (Wildman–Crippen LogP) is 3.01. The summed E-state index contributed by atoms with van der Waals surface area (Å²) in [6.07, 6.45) is -5.25. The lowest BCUT2D eigenvalue weighted by Gasteiger charge is -2.29. The Morgan fingerprint density at radius 2 is 1.95 bits per heavy atom. The smallest absolute Gasteiger partial charge is 0.401 e. The van der Waals surface area contributed by atoms with Crippen LogP contribution in [0.25, 0.3) is 0 Å². The molecule has 0 aliphatic rings. The molecule has 0 spiro atoms. The Balaban J connectivity index is 2.48. The van der Waals surface area contributed by atoms with Gasteiger partial charge in [-0.15, -0.1) is 0 Å². The Morgan fingerprint density at radius 1 is 1.29 bits per heavy atom. The van der Waals surface area contributed by atoms with Crippen molar-refractivity contribution in [2.75, 3.05) is 19.7 Å². The Kier molecular flexibility index (Phi) is 6.48. The second-order valence-corrected chi connectivity index (χ2v) is 5.42. The van der Waals surface area contributed by atoms with Crippen molar-refractivity contribution in [2.45, 2.75) is 39.1 Å². The van der Waals surface area contributed by atoms with Gasteiger partial charge in [-0.1, -0.05) is 12.1 Å². The molecule has 6 heteroatoms. The van der Waals surface area contributed by atoms with Crippen LogP contribution < -0.4 is 4.74 Å². The van der Waals surface area contributed by atoms with E-state index in [0.29, 0.717) is 5.75 Å². The third-order valence-corrected chi connectivity index (χ3v) is 2.99. The van der Waals surface area contributed by atoms with E-state index in [9.17, 15) is 18.3 Å². The number of aliphatic hydroxyl groups is 1. The number of hydrogen-bond donors (Lipinski definition) is 1. The summed E-state index contributed by atoms with van der Waals surface area (Å²) < 4.78 is 42.8. The lowest BCUT2D eigenvalue weighted by Crippen LogP contribution is -2.44. The molecule has 3 nitrogen and oxygen atoms in total. The fourth-order valence-electron chi connectivity index (χ4n) is 1.91. The summed E-state index contributed by atoms with van der Waals surface area (Å²) in [4.78, 5) is 1.18. The fourth-order valence-corrected chi connectivity index (χ4v) is 1.91. The van der Waals surface area contributed by atoms with Gasteiger partial charge in [0.1, 0.15) is 18.5 Å². The van der Waals surface area contributed by atoms with Gasteiger partial charge >= 0.3 is 6.18 Å². The van der Waals surface area contributed by atoms with E-state index in [1.165, 1.54) is 4.90 Å². The van der Waals surface area contributed by atoms with E-state index in [4.69, 9.17) is 4.74 Å². The molecule has 0 bridgehead atoms. The number of alkyl halides is 3. The standard InChI is InChI=1S/C15H22F3NO2/c1-11(2)19(10-15(16,17)18)8-13(20)9-21-14-6-4-5-12(3)7-14/h4-7,11,13,20H,8-10H2,1-3H3. The van der Waals surface area contributed by atoms with E-state index in [-0.39, 0.29) is 19.2 Å². The van der Waals surface area contributed by atoms with Gasteiger partial charge in [-0.3, -0.25) is 4.90 Å². The molecular formula is C15H22F3NO2. The molecule has 0 saturated carbocycles. The molecule has 1 aromatic carbocycles. The summed E-state index contributed by atoms with van der Waals surface area (Å²) >= 11 is 0. The fraction of sp³-hybridized carbons (Fsp3) is 0.600. The number of halogens is 3. The van der Waals surface area contributed by atoms with Crippen molar-refractivity contribution < 1.29 is 23.0 Å². The largest absolute Gasteiger partial charge is 0.491 e. The van der Waals surface area contributed by atoms with Crippen LogP contribution in [0.2, 0.25) is 0 Å². The third kappa shape index (κ3) is 7.34. The molecule has 0 amide bonds. The topological polar surface area (TPSA) is 32.7 Å². The van der Waals surface area contributed by atoms with Gasteiger partial charge in [-0.2, -0.15) is 13.2 Å². The average molecular weight is 305 g/mol. The highest BCUT2D eigenvalue weighted by Gasteiger charge is 2.32. The van der Waals surface area contributed by atoms with Gasteiger partial charge in [-0.05, 0) is 38.5 Å². The molecule has 1 N–H and O–H groups in total. The summed E-state index contributed by atoms with van der Waals surface area (Å²) in [5.41, 5.74) is 1.02. The molecule has 0 fully saturated rings. The Bertz CT molecular complexity index is 435. The third-order valence-electron chi connectivity index (χ3n) is 2.99. The molecule has 0 aliphatic carbocycles. The van der Waals surface area contributed by atoms with Crippen LogP contribution in [-0.4, -0.2) is 48.0 Å². The van der Waals surface area contributed by atoms with Gasteiger partial charge in [0, 0.05) is 12.6 Å². The maximum Gasteiger partial charge on any atom is 0.401 e. The van der Waals surface area contributed by atoms with Gasteiger partial charge in [0.05, 0.1) is 6.54 Å².